The third-order valence-corrected chi connectivity index (χ3v) is 4.43. The molecule has 1 aliphatic rings. The van der Waals surface area contributed by atoms with Gasteiger partial charge < -0.3 is 20.1 Å². The summed E-state index contributed by atoms with van der Waals surface area (Å²) in [5, 5.41) is 10.2. The molecule has 0 aliphatic carbocycles. The van der Waals surface area contributed by atoms with Gasteiger partial charge in [-0.1, -0.05) is 12.1 Å². The van der Waals surface area contributed by atoms with Crippen molar-refractivity contribution in [1.29, 1.82) is 0 Å². The van der Waals surface area contributed by atoms with Crippen LogP contribution < -0.4 is 5.73 Å². The molecule has 0 spiro atoms. The Morgan fingerprint density at radius 2 is 2.32 bits per heavy atom. The fraction of sp³-hybridized carbons (Fsp3) is 0.471. The molecular weight excluding hydrogens is 280 g/mol. The lowest BCUT2D eigenvalue weighted by Crippen LogP contribution is -2.19. The topological polar surface area (TPSA) is 77.5 Å². The molecule has 2 heterocycles. The predicted molar refractivity (Wildman–Crippen MR) is 84.5 cm³/mol. The molecule has 1 aromatic carbocycles. The van der Waals surface area contributed by atoms with E-state index < -0.39 is 0 Å². The van der Waals surface area contributed by atoms with Crippen LogP contribution in [0.4, 0.5) is 0 Å². The smallest absolute Gasteiger partial charge is 0.221 e. The average molecular weight is 302 g/mol. The van der Waals surface area contributed by atoms with Crippen molar-refractivity contribution in [2.24, 2.45) is 12.8 Å². The van der Waals surface area contributed by atoms with Crippen molar-refractivity contribution in [3.63, 3.8) is 0 Å². The van der Waals surface area contributed by atoms with E-state index in [9.17, 15) is 4.79 Å². The maximum absolute atomic E-state index is 11.4. The number of aliphatic hydroxyl groups excluding tert-OH is 1. The summed E-state index contributed by atoms with van der Waals surface area (Å²) in [6.45, 7) is 0.846. The summed E-state index contributed by atoms with van der Waals surface area (Å²) < 4.78 is 8.08. The number of fused-ring (bicyclic) bond motifs is 3. The van der Waals surface area contributed by atoms with E-state index in [1.165, 1.54) is 11.3 Å². The summed E-state index contributed by atoms with van der Waals surface area (Å²) in [7, 11) is 2.04. The Labute approximate surface area is 129 Å². The maximum atomic E-state index is 11.4. The van der Waals surface area contributed by atoms with Crippen molar-refractivity contribution in [3.05, 3.63) is 35.0 Å². The van der Waals surface area contributed by atoms with Gasteiger partial charge in [0, 0.05) is 24.6 Å². The molecule has 22 heavy (non-hydrogen) atoms. The maximum Gasteiger partial charge on any atom is 0.221 e. The molecule has 1 atom stereocenters. The predicted octanol–water partition coefficient (Wildman–Crippen LogP) is 1.59. The molecule has 5 nitrogen and oxygen atoms in total. The number of ether oxygens (including phenoxy) is 1. The molecular formula is C17H22N2O3. The van der Waals surface area contributed by atoms with Gasteiger partial charge in [0.2, 0.25) is 5.91 Å². The van der Waals surface area contributed by atoms with Gasteiger partial charge in [0.05, 0.1) is 24.8 Å². The first-order chi connectivity index (χ1) is 10.6. The molecule has 1 aliphatic heterocycles. The summed E-state index contributed by atoms with van der Waals surface area (Å²) in [6, 6.07) is 6.02. The number of aryl methyl sites for hydroxylation is 1. The van der Waals surface area contributed by atoms with E-state index in [0.717, 1.165) is 35.7 Å². The van der Waals surface area contributed by atoms with Crippen LogP contribution in [0.5, 0.6) is 0 Å². The van der Waals surface area contributed by atoms with E-state index >= 15 is 0 Å². The number of nitrogens with zero attached hydrogens (tertiary/aromatic N) is 1. The van der Waals surface area contributed by atoms with Gasteiger partial charge >= 0.3 is 0 Å². The van der Waals surface area contributed by atoms with Crippen LogP contribution in [0, 0.1) is 0 Å². The van der Waals surface area contributed by atoms with Crippen LogP contribution in [-0.4, -0.2) is 28.8 Å². The SMILES string of the molecule is Cn1c2c(c3c(CC(N)=O)cccc31)CCOC2CCCO. The van der Waals surface area contributed by atoms with Gasteiger partial charge in [-0.3, -0.25) is 4.79 Å². The summed E-state index contributed by atoms with van der Waals surface area (Å²) in [5.74, 6) is -0.311. The Kier molecular flexibility index (Phi) is 4.18. The highest BCUT2D eigenvalue weighted by atomic mass is 16.5. The molecule has 5 heteroatoms. The first kappa shape index (κ1) is 15.1. The second kappa shape index (κ2) is 6.10. The van der Waals surface area contributed by atoms with Crippen LogP contribution in [0.2, 0.25) is 0 Å². The van der Waals surface area contributed by atoms with E-state index in [4.69, 9.17) is 15.6 Å². The standard InChI is InChI=1S/C17H22N2O3/c1-19-13-5-2-4-11(10-15(18)21)16(13)12-7-9-22-14(17(12)19)6-3-8-20/h2,4-5,14,20H,3,6-10H2,1H3,(H2,18,21). The van der Waals surface area contributed by atoms with Crippen LogP contribution in [0.1, 0.15) is 35.8 Å². The molecule has 0 saturated heterocycles. The molecule has 1 aromatic heterocycles. The van der Waals surface area contributed by atoms with E-state index in [0.29, 0.717) is 6.61 Å². The normalized spacial score (nSPS) is 17.6. The number of carbonyl (C=O) groups excluding carboxylic acids is 1. The molecule has 2 aromatic rings. The number of benzene rings is 1. The molecule has 1 unspecified atom stereocenters. The molecule has 118 valence electrons. The number of carbonyl (C=O) groups is 1. The quantitative estimate of drug-likeness (QED) is 0.880. The number of aromatic nitrogens is 1. The van der Waals surface area contributed by atoms with E-state index in [1.54, 1.807) is 0 Å². The Bertz CT molecular complexity index is 705. The molecule has 3 N–H and O–H groups in total. The van der Waals surface area contributed by atoms with Crippen molar-refractivity contribution >= 4 is 16.8 Å². The molecule has 0 fully saturated rings. The van der Waals surface area contributed by atoms with Gasteiger partial charge in [-0.25, -0.2) is 0 Å². The third-order valence-electron chi connectivity index (χ3n) is 4.43. The second-order valence-electron chi connectivity index (χ2n) is 5.85. The molecule has 0 saturated carbocycles. The Balaban J connectivity index is 2.15. The fourth-order valence-electron chi connectivity index (χ4n) is 3.55. The Morgan fingerprint density at radius 3 is 3.05 bits per heavy atom. The van der Waals surface area contributed by atoms with Crippen LogP contribution in [0.25, 0.3) is 10.9 Å². The van der Waals surface area contributed by atoms with Crippen molar-refractivity contribution in [1.82, 2.24) is 4.57 Å². The number of rotatable bonds is 5. The zero-order valence-corrected chi connectivity index (χ0v) is 12.8. The van der Waals surface area contributed by atoms with Crippen molar-refractivity contribution in [2.45, 2.75) is 31.8 Å². The summed E-state index contributed by atoms with van der Waals surface area (Å²) in [5.41, 5.74) is 9.94. The molecule has 1 amide bonds. The highest BCUT2D eigenvalue weighted by molar-refractivity contribution is 5.92. The van der Waals surface area contributed by atoms with Gasteiger partial charge in [-0.15, -0.1) is 0 Å². The number of nitrogens with two attached hydrogens (primary N) is 1. The highest BCUT2D eigenvalue weighted by Gasteiger charge is 2.28. The van der Waals surface area contributed by atoms with Gasteiger partial charge in [0.15, 0.2) is 0 Å². The lowest BCUT2D eigenvalue weighted by Gasteiger charge is -2.25. The minimum atomic E-state index is -0.311. The number of aliphatic hydroxyl groups is 1. The summed E-state index contributed by atoms with van der Waals surface area (Å²) in [6.07, 6.45) is 2.64. The van der Waals surface area contributed by atoms with Crippen molar-refractivity contribution in [3.8, 4) is 0 Å². The summed E-state index contributed by atoms with van der Waals surface area (Å²) >= 11 is 0. The molecule has 0 bridgehead atoms. The average Bonchev–Trinajstić information content (AvgIpc) is 2.80. The largest absolute Gasteiger partial charge is 0.396 e. The number of primary amides is 1. The minimum Gasteiger partial charge on any atom is -0.396 e. The van der Waals surface area contributed by atoms with Gasteiger partial charge in [-0.05, 0) is 36.5 Å². The zero-order valence-electron chi connectivity index (χ0n) is 12.8. The summed E-state index contributed by atoms with van der Waals surface area (Å²) in [4.78, 5) is 11.4. The number of hydrogen-bond donors (Lipinski definition) is 2. The molecule has 3 rings (SSSR count). The van der Waals surface area contributed by atoms with Crippen LogP contribution >= 0.6 is 0 Å². The number of hydrogen-bond acceptors (Lipinski definition) is 3. The zero-order chi connectivity index (χ0) is 15.7. The monoisotopic (exact) mass is 302 g/mol. The Morgan fingerprint density at radius 1 is 1.50 bits per heavy atom. The third kappa shape index (κ3) is 2.51. The lowest BCUT2D eigenvalue weighted by atomic mass is 9.96. The minimum absolute atomic E-state index is 0.00901. The first-order valence-corrected chi connectivity index (χ1v) is 7.73. The van der Waals surface area contributed by atoms with Crippen molar-refractivity contribution in [2.75, 3.05) is 13.2 Å². The van der Waals surface area contributed by atoms with Gasteiger partial charge in [0.25, 0.3) is 0 Å². The Hall–Kier alpha value is -1.85. The van der Waals surface area contributed by atoms with Crippen LogP contribution in [0.3, 0.4) is 0 Å². The van der Waals surface area contributed by atoms with Crippen LogP contribution in [0.15, 0.2) is 18.2 Å². The van der Waals surface area contributed by atoms with Crippen molar-refractivity contribution < 1.29 is 14.6 Å². The van der Waals surface area contributed by atoms with Crippen LogP contribution in [-0.2, 0) is 29.4 Å². The fourth-order valence-corrected chi connectivity index (χ4v) is 3.55. The van der Waals surface area contributed by atoms with Gasteiger partial charge in [0.1, 0.15) is 0 Å². The highest BCUT2D eigenvalue weighted by Crippen LogP contribution is 2.38. The second-order valence-corrected chi connectivity index (χ2v) is 5.85. The lowest BCUT2D eigenvalue weighted by molar-refractivity contribution is -0.117. The van der Waals surface area contributed by atoms with E-state index in [2.05, 4.69) is 10.6 Å². The van der Waals surface area contributed by atoms with E-state index in [1.807, 2.05) is 19.2 Å². The first-order valence-electron chi connectivity index (χ1n) is 7.73. The molecule has 0 radical (unpaired) electrons. The van der Waals surface area contributed by atoms with Gasteiger partial charge in [-0.2, -0.15) is 0 Å². The number of amides is 1. The van der Waals surface area contributed by atoms with E-state index in [-0.39, 0.29) is 25.0 Å².